The van der Waals surface area contributed by atoms with E-state index in [0.29, 0.717) is 12.1 Å². The zero-order chi connectivity index (χ0) is 14.7. The molecule has 0 aliphatic carbocycles. The first kappa shape index (κ1) is 13.6. The van der Waals surface area contributed by atoms with Gasteiger partial charge in [0, 0.05) is 24.1 Å². The van der Waals surface area contributed by atoms with Crippen molar-refractivity contribution in [2.24, 2.45) is 0 Å². The van der Waals surface area contributed by atoms with Crippen LogP contribution in [-0.2, 0) is 6.42 Å². The number of fused-ring (bicyclic) bond motifs is 1. The summed E-state index contributed by atoms with van der Waals surface area (Å²) >= 11 is 0. The molecule has 0 aliphatic rings. The summed E-state index contributed by atoms with van der Waals surface area (Å²) in [5, 5.41) is 0.836. The Labute approximate surface area is 123 Å². The van der Waals surface area contributed by atoms with E-state index in [1.54, 1.807) is 12.3 Å². The van der Waals surface area contributed by atoms with Crippen molar-refractivity contribution in [1.82, 2.24) is 4.98 Å². The second-order valence-corrected chi connectivity index (χ2v) is 5.05. The molecule has 0 amide bonds. The van der Waals surface area contributed by atoms with Gasteiger partial charge in [0.2, 0.25) is 0 Å². The van der Waals surface area contributed by atoms with E-state index in [9.17, 15) is 4.39 Å². The average Bonchev–Trinajstić information content (AvgIpc) is 2.49. The topological polar surface area (TPSA) is 22.1 Å². The van der Waals surface area contributed by atoms with E-state index in [0.717, 1.165) is 17.6 Å². The Bertz CT molecular complexity index is 753. The van der Waals surface area contributed by atoms with Gasteiger partial charge in [-0.15, -0.1) is 0 Å². The number of aromatic nitrogens is 1. The molecule has 0 bridgehead atoms. The van der Waals surface area contributed by atoms with Crippen molar-refractivity contribution < 1.29 is 9.13 Å². The number of nitrogens with zero attached hydrogens (tertiary/aromatic N) is 1. The second-order valence-electron chi connectivity index (χ2n) is 5.05. The molecule has 1 heterocycles. The van der Waals surface area contributed by atoms with Gasteiger partial charge in [-0.3, -0.25) is 4.98 Å². The summed E-state index contributed by atoms with van der Waals surface area (Å²) < 4.78 is 19.0. The first-order valence-electron chi connectivity index (χ1n) is 6.95. The second kappa shape index (κ2) is 5.92. The fourth-order valence-corrected chi connectivity index (χ4v) is 2.25. The molecule has 0 atom stereocenters. The Hall–Kier alpha value is -2.42. The predicted octanol–water partition coefficient (Wildman–Crippen LogP) is 4.30. The minimum Gasteiger partial charge on any atom is -0.492 e. The predicted molar refractivity (Wildman–Crippen MR) is 82.1 cm³/mol. The Morgan fingerprint density at radius 2 is 1.86 bits per heavy atom. The number of hydrogen-bond acceptors (Lipinski definition) is 2. The molecule has 2 aromatic carbocycles. The fourth-order valence-electron chi connectivity index (χ4n) is 2.25. The number of benzene rings is 2. The van der Waals surface area contributed by atoms with Gasteiger partial charge >= 0.3 is 0 Å². The fraction of sp³-hybridized carbons (Fsp3) is 0.167. The van der Waals surface area contributed by atoms with Crippen LogP contribution >= 0.6 is 0 Å². The molecule has 0 fully saturated rings. The maximum atomic E-state index is 13.2. The molecule has 3 rings (SSSR count). The summed E-state index contributed by atoms with van der Waals surface area (Å²) in [5.74, 6) is 0.457. The first-order chi connectivity index (χ1) is 10.2. The highest BCUT2D eigenvalue weighted by Gasteiger charge is 2.04. The van der Waals surface area contributed by atoms with Crippen LogP contribution < -0.4 is 4.74 Å². The molecule has 3 aromatic rings. The largest absolute Gasteiger partial charge is 0.492 e. The van der Waals surface area contributed by atoms with E-state index in [2.05, 4.69) is 36.2 Å². The van der Waals surface area contributed by atoms with Crippen LogP contribution in [-0.4, -0.2) is 11.6 Å². The number of pyridine rings is 1. The third-order valence-electron chi connectivity index (χ3n) is 3.43. The Morgan fingerprint density at radius 1 is 1.05 bits per heavy atom. The molecule has 21 heavy (non-hydrogen) atoms. The zero-order valence-electron chi connectivity index (χ0n) is 11.8. The van der Waals surface area contributed by atoms with Gasteiger partial charge in [0.05, 0.1) is 12.1 Å². The molecule has 0 saturated carbocycles. The number of ether oxygens (including phenoxy) is 1. The van der Waals surface area contributed by atoms with Crippen molar-refractivity contribution in [2.45, 2.75) is 13.3 Å². The summed E-state index contributed by atoms with van der Waals surface area (Å²) in [4.78, 5) is 4.16. The molecular formula is C18H16FNO. The maximum Gasteiger partial charge on any atom is 0.130 e. The lowest BCUT2D eigenvalue weighted by molar-refractivity contribution is 0.325. The summed E-state index contributed by atoms with van der Waals surface area (Å²) in [6.07, 6.45) is 2.48. The van der Waals surface area contributed by atoms with Crippen LogP contribution in [0.25, 0.3) is 10.9 Å². The van der Waals surface area contributed by atoms with Crippen LogP contribution in [0.2, 0.25) is 0 Å². The maximum absolute atomic E-state index is 13.2. The lowest BCUT2D eigenvalue weighted by atomic mass is 10.1. The van der Waals surface area contributed by atoms with Gasteiger partial charge in [-0.05, 0) is 30.7 Å². The third kappa shape index (κ3) is 3.19. The van der Waals surface area contributed by atoms with Crippen molar-refractivity contribution in [3.8, 4) is 5.75 Å². The van der Waals surface area contributed by atoms with Gasteiger partial charge < -0.3 is 4.74 Å². The third-order valence-corrected chi connectivity index (χ3v) is 3.43. The summed E-state index contributed by atoms with van der Waals surface area (Å²) in [6, 6.07) is 14.8. The van der Waals surface area contributed by atoms with Crippen LogP contribution in [0.15, 0.2) is 54.7 Å². The quantitative estimate of drug-likeness (QED) is 0.711. The normalized spacial score (nSPS) is 10.8. The van der Waals surface area contributed by atoms with Crippen LogP contribution in [0.1, 0.15) is 11.1 Å². The molecule has 1 aromatic heterocycles. The van der Waals surface area contributed by atoms with E-state index >= 15 is 0 Å². The smallest absolute Gasteiger partial charge is 0.130 e. The van der Waals surface area contributed by atoms with Crippen LogP contribution in [0, 0.1) is 12.7 Å². The minimum atomic E-state index is -0.285. The van der Waals surface area contributed by atoms with Crippen LogP contribution in [0.5, 0.6) is 5.75 Å². The zero-order valence-corrected chi connectivity index (χ0v) is 11.8. The molecule has 2 nitrogen and oxygen atoms in total. The molecule has 0 radical (unpaired) electrons. The molecule has 0 spiro atoms. The SMILES string of the molecule is Cc1ccc(CCOc2ccnc3cc(F)ccc23)cc1. The van der Waals surface area contributed by atoms with Crippen molar-refractivity contribution in [3.05, 3.63) is 71.7 Å². The van der Waals surface area contributed by atoms with Crippen molar-refractivity contribution in [2.75, 3.05) is 6.61 Å². The van der Waals surface area contributed by atoms with Crippen molar-refractivity contribution >= 4 is 10.9 Å². The highest BCUT2D eigenvalue weighted by Crippen LogP contribution is 2.24. The lowest BCUT2D eigenvalue weighted by Crippen LogP contribution is -2.02. The van der Waals surface area contributed by atoms with E-state index in [1.807, 2.05) is 6.07 Å². The monoisotopic (exact) mass is 281 g/mol. The van der Waals surface area contributed by atoms with Crippen molar-refractivity contribution in [3.63, 3.8) is 0 Å². The summed E-state index contributed by atoms with van der Waals surface area (Å²) in [5.41, 5.74) is 3.11. The van der Waals surface area contributed by atoms with Gasteiger partial charge in [-0.1, -0.05) is 29.8 Å². The number of rotatable bonds is 4. The highest BCUT2D eigenvalue weighted by molar-refractivity contribution is 5.84. The standard InChI is InChI=1S/C18H16FNO/c1-13-2-4-14(5-3-13)9-11-21-18-8-10-20-17-12-15(19)6-7-16(17)18/h2-8,10,12H,9,11H2,1H3. The van der Waals surface area contributed by atoms with Crippen LogP contribution in [0.4, 0.5) is 4.39 Å². The Kier molecular flexibility index (Phi) is 3.82. The molecule has 0 saturated heterocycles. The molecule has 0 unspecified atom stereocenters. The van der Waals surface area contributed by atoms with Gasteiger partial charge in [0.1, 0.15) is 11.6 Å². The lowest BCUT2D eigenvalue weighted by Gasteiger charge is -2.09. The molecule has 106 valence electrons. The highest BCUT2D eigenvalue weighted by atomic mass is 19.1. The summed E-state index contributed by atoms with van der Waals surface area (Å²) in [6.45, 7) is 2.65. The Balaban J connectivity index is 1.72. The minimum absolute atomic E-state index is 0.285. The van der Waals surface area contributed by atoms with Gasteiger partial charge in [-0.2, -0.15) is 0 Å². The van der Waals surface area contributed by atoms with Gasteiger partial charge in [-0.25, -0.2) is 4.39 Å². The number of aryl methyl sites for hydroxylation is 1. The first-order valence-corrected chi connectivity index (χ1v) is 6.95. The number of hydrogen-bond donors (Lipinski definition) is 0. The van der Waals surface area contributed by atoms with Crippen molar-refractivity contribution in [1.29, 1.82) is 0 Å². The molecular weight excluding hydrogens is 265 g/mol. The Morgan fingerprint density at radius 3 is 2.67 bits per heavy atom. The average molecular weight is 281 g/mol. The van der Waals surface area contributed by atoms with E-state index in [1.165, 1.54) is 23.3 Å². The van der Waals surface area contributed by atoms with E-state index in [4.69, 9.17) is 4.74 Å². The van der Waals surface area contributed by atoms with E-state index in [-0.39, 0.29) is 5.82 Å². The van der Waals surface area contributed by atoms with Gasteiger partial charge in [0.15, 0.2) is 0 Å². The molecule has 0 aliphatic heterocycles. The van der Waals surface area contributed by atoms with E-state index < -0.39 is 0 Å². The van der Waals surface area contributed by atoms with Gasteiger partial charge in [0.25, 0.3) is 0 Å². The number of halogens is 1. The molecule has 0 N–H and O–H groups in total. The summed E-state index contributed by atoms with van der Waals surface area (Å²) in [7, 11) is 0. The van der Waals surface area contributed by atoms with Crippen LogP contribution in [0.3, 0.4) is 0 Å². The molecule has 3 heteroatoms.